The number of carbonyl (C=O) groups excluding carboxylic acids is 1. The van der Waals surface area contributed by atoms with Crippen LogP contribution in [0.15, 0.2) is 46.5 Å². The van der Waals surface area contributed by atoms with Crippen molar-refractivity contribution in [2.75, 3.05) is 43.5 Å². The number of piperidine rings is 1. The lowest BCUT2D eigenvalue weighted by Gasteiger charge is -2.31. The average molecular weight is 696 g/mol. The number of thiazole rings is 1. The van der Waals surface area contributed by atoms with Crippen LogP contribution in [0, 0.1) is 11.6 Å². The third-order valence-electron chi connectivity index (χ3n) is 7.55. The molecule has 2 aliphatic heterocycles. The quantitative estimate of drug-likeness (QED) is 0.215. The summed E-state index contributed by atoms with van der Waals surface area (Å²) in [6, 6.07) is 7.08. The number of hydrogen-bond acceptors (Lipinski definition) is 10. The van der Waals surface area contributed by atoms with Gasteiger partial charge >= 0.3 is 0 Å². The second-order valence-corrected chi connectivity index (χ2v) is 14.3. The average Bonchev–Trinajstić information content (AvgIpc) is 3.53. The lowest BCUT2D eigenvalue weighted by Crippen LogP contribution is -2.42. The highest BCUT2D eigenvalue weighted by Gasteiger charge is 2.31. The van der Waals surface area contributed by atoms with Crippen LogP contribution in [0.1, 0.15) is 47.3 Å². The molecule has 0 bridgehead atoms. The van der Waals surface area contributed by atoms with Crippen LogP contribution in [-0.2, 0) is 10.0 Å². The molecule has 2 fully saturated rings. The maximum atomic E-state index is 14.1. The van der Waals surface area contributed by atoms with Gasteiger partial charge in [-0.2, -0.15) is 4.31 Å². The number of anilines is 2. The molecule has 0 spiro atoms. The standard InChI is InChI=1S/C27H32F2N6O3S3.2ClH/c1-34-12-3-4-18(34)11-15-39-22-8-7-19(16-31-22)41(37,38)35-13-9-17(10-14-35)32-27-33-26(30)25(40-27)24(36)23-20(28)5-2-6-21(23)29;;/h2,5-8,16-18H,3-4,9-15,30H2,1H3,(H,32,33);2*1H. The van der Waals surface area contributed by atoms with Crippen molar-refractivity contribution < 1.29 is 22.0 Å². The van der Waals surface area contributed by atoms with Crippen LogP contribution in [0.5, 0.6) is 0 Å². The van der Waals surface area contributed by atoms with E-state index in [4.69, 9.17) is 5.73 Å². The molecule has 3 aromatic rings. The SMILES string of the molecule is CN1CCCC1CCSc1ccc(S(=O)(=O)N2CCC(Nc3nc(N)c(C(=O)c4c(F)cccc4F)s3)CC2)cn1.Cl.Cl. The summed E-state index contributed by atoms with van der Waals surface area (Å²) in [7, 11) is -1.53. The van der Waals surface area contributed by atoms with Crippen LogP contribution in [0.25, 0.3) is 0 Å². The zero-order valence-electron chi connectivity index (χ0n) is 23.4. The van der Waals surface area contributed by atoms with Gasteiger partial charge in [-0.05, 0) is 70.0 Å². The third kappa shape index (κ3) is 8.16. The van der Waals surface area contributed by atoms with Crippen molar-refractivity contribution in [2.45, 2.75) is 54.1 Å². The van der Waals surface area contributed by atoms with Gasteiger partial charge in [-0.3, -0.25) is 4.79 Å². The minimum Gasteiger partial charge on any atom is -0.382 e. The Hall–Kier alpha value is -2.07. The first-order valence-corrected chi connectivity index (χ1v) is 16.7. The molecule has 2 aromatic heterocycles. The fourth-order valence-electron chi connectivity index (χ4n) is 5.20. The van der Waals surface area contributed by atoms with Crippen molar-refractivity contribution in [2.24, 2.45) is 0 Å². The molecule has 4 heterocycles. The van der Waals surface area contributed by atoms with Crippen molar-refractivity contribution in [3.05, 3.63) is 58.6 Å². The fraction of sp³-hybridized carbons (Fsp3) is 0.444. The van der Waals surface area contributed by atoms with Gasteiger partial charge < -0.3 is 16.0 Å². The molecule has 0 radical (unpaired) electrons. The Labute approximate surface area is 270 Å². The Balaban J connectivity index is 0.00000253. The van der Waals surface area contributed by atoms with Gasteiger partial charge in [0.2, 0.25) is 15.8 Å². The van der Waals surface area contributed by atoms with Crippen LogP contribution in [0.3, 0.4) is 0 Å². The van der Waals surface area contributed by atoms with Gasteiger partial charge in [-0.1, -0.05) is 17.4 Å². The topological polar surface area (TPSA) is 122 Å². The molecule has 2 saturated heterocycles. The van der Waals surface area contributed by atoms with Crippen molar-refractivity contribution in [3.8, 4) is 0 Å². The van der Waals surface area contributed by atoms with E-state index in [0.29, 0.717) is 37.1 Å². The number of nitrogens with zero attached hydrogens (tertiary/aromatic N) is 4. The van der Waals surface area contributed by atoms with Gasteiger partial charge in [0.15, 0.2) is 5.13 Å². The molecule has 9 nitrogen and oxygen atoms in total. The largest absolute Gasteiger partial charge is 0.382 e. The first-order chi connectivity index (χ1) is 19.6. The summed E-state index contributed by atoms with van der Waals surface area (Å²) in [6.07, 6.45) is 5.98. The minimum absolute atomic E-state index is 0. The molecule has 1 unspecified atom stereocenters. The molecule has 43 heavy (non-hydrogen) atoms. The number of rotatable bonds is 10. The van der Waals surface area contributed by atoms with Crippen LogP contribution in [-0.4, -0.2) is 77.9 Å². The molecule has 236 valence electrons. The van der Waals surface area contributed by atoms with Gasteiger partial charge in [0.1, 0.15) is 27.2 Å². The van der Waals surface area contributed by atoms with Crippen molar-refractivity contribution in [1.29, 1.82) is 0 Å². The Kier molecular flexibility index (Phi) is 12.6. The van der Waals surface area contributed by atoms with E-state index in [-0.39, 0.29) is 46.4 Å². The Morgan fingerprint density at radius 3 is 2.42 bits per heavy atom. The van der Waals surface area contributed by atoms with Crippen LogP contribution in [0.2, 0.25) is 0 Å². The molecular weight excluding hydrogens is 661 g/mol. The lowest BCUT2D eigenvalue weighted by atomic mass is 10.1. The monoisotopic (exact) mass is 694 g/mol. The summed E-state index contributed by atoms with van der Waals surface area (Å²) >= 11 is 2.56. The Morgan fingerprint density at radius 2 is 1.81 bits per heavy atom. The number of carbonyl (C=O) groups is 1. The number of nitrogens with one attached hydrogen (secondary N) is 1. The molecule has 1 aromatic carbocycles. The number of pyridine rings is 1. The number of halogens is 4. The number of hydrogen-bond donors (Lipinski definition) is 2. The molecule has 3 N–H and O–H groups in total. The zero-order valence-corrected chi connectivity index (χ0v) is 27.5. The molecule has 1 atom stereocenters. The van der Waals surface area contributed by atoms with Crippen molar-refractivity contribution >= 4 is 74.7 Å². The lowest BCUT2D eigenvalue weighted by molar-refractivity contribution is 0.103. The van der Waals surface area contributed by atoms with E-state index in [1.165, 1.54) is 29.4 Å². The zero-order chi connectivity index (χ0) is 29.1. The predicted octanol–water partition coefficient (Wildman–Crippen LogP) is 5.31. The van der Waals surface area contributed by atoms with E-state index in [1.807, 2.05) is 0 Å². The molecule has 0 amide bonds. The van der Waals surface area contributed by atoms with E-state index in [2.05, 4.69) is 27.2 Å². The number of thioether (sulfide) groups is 1. The smallest absolute Gasteiger partial charge is 0.244 e. The van der Waals surface area contributed by atoms with Crippen LogP contribution < -0.4 is 11.1 Å². The number of nitrogens with two attached hydrogens (primary N) is 1. The van der Waals surface area contributed by atoms with Crippen molar-refractivity contribution in [3.63, 3.8) is 0 Å². The number of likely N-dealkylation sites (tertiary alicyclic amines) is 1. The molecular formula is C27H34Cl2F2N6O3S3. The number of sulfonamides is 1. The maximum absolute atomic E-state index is 14.1. The Morgan fingerprint density at radius 1 is 1.12 bits per heavy atom. The molecule has 16 heteroatoms. The van der Waals surface area contributed by atoms with E-state index < -0.39 is 33.0 Å². The summed E-state index contributed by atoms with van der Waals surface area (Å²) in [5, 5.41) is 4.33. The predicted molar refractivity (Wildman–Crippen MR) is 171 cm³/mol. The van der Waals surface area contributed by atoms with Crippen LogP contribution >= 0.6 is 47.9 Å². The normalized spacial score (nSPS) is 18.2. The first-order valence-electron chi connectivity index (χ1n) is 13.4. The highest BCUT2D eigenvalue weighted by atomic mass is 35.5. The van der Waals surface area contributed by atoms with E-state index in [0.717, 1.165) is 47.2 Å². The maximum Gasteiger partial charge on any atom is 0.244 e. The fourth-order valence-corrected chi connectivity index (χ4v) is 8.41. The number of benzene rings is 1. The summed E-state index contributed by atoms with van der Waals surface area (Å²) in [6.45, 7) is 1.73. The highest BCUT2D eigenvalue weighted by Crippen LogP contribution is 2.31. The molecule has 0 saturated carbocycles. The van der Waals surface area contributed by atoms with E-state index >= 15 is 0 Å². The van der Waals surface area contributed by atoms with E-state index in [9.17, 15) is 22.0 Å². The highest BCUT2D eigenvalue weighted by molar-refractivity contribution is 7.99. The molecule has 0 aliphatic carbocycles. The van der Waals surface area contributed by atoms with Gasteiger partial charge in [-0.25, -0.2) is 27.2 Å². The Bertz CT molecular complexity index is 1490. The summed E-state index contributed by atoms with van der Waals surface area (Å²) in [5.41, 5.74) is 5.22. The van der Waals surface area contributed by atoms with Gasteiger partial charge in [0.25, 0.3) is 0 Å². The summed E-state index contributed by atoms with van der Waals surface area (Å²) < 4.78 is 56.1. The summed E-state index contributed by atoms with van der Waals surface area (Å²) in [5.74, 6) is -1.99. The van der Waals surface area contributed by atoms with Crippen LogP contribution in [0.4, 0.5) is 19.7 Å². The number of aromatic nitrogens is 2. The van der Waals surface area contributed by atoms with E-state index in [1.54, 1.807) is 23.9 Å². The summed E-state index contributed by atoms with van der Waals surface area (Å²) in [4.78, 5) is 23.8. The number of ketones is 1. The third-order valence-corrected chi connectivity index (χ3v) is 11.4. The molecule has 2 aliphatic rings. The second kappa shape index (κ2) is 15.3. The minimum atomic E-state index is -3.69. The van der Waals surface area contributed by atoms with Gasteiger partial charge in [-0.15, -0.1) is 36.6 Å². The van der Waals surface area contributed by atoms with Gasteiger partial charge in [0, 0.05) is 37.1 Å². The number of nitrogen functional groups attached to an aromatic ring is 1. The second-order valence-electron chi connectivity index (χ2n) is 10.2. The van der Waals surface area contributed by atoms with Gasteiger partial charge in [0.05, 0.1) is 10.6 Å². The first kappa shape index (κ1) is 35.4. The molecule has 5 rings (SSSR count). The van der Waals surface area contributed by atoms with Crippen molar-refractivity contribution in [1.82, 2.24) is 19.2 Å².